The van der Waals surface area contributed by atoms with Gasteiger partial charge in [-0.25, -0.2) is 0 Å². The molecule has 0 radical (unpaired) electrons. The number of halogens is 1. The van der Waals surface area contributed by atoms with Crippen molar-refractivity contribution in [2.75, 3.05) is 26.7 Å². The lowest BCUT2D eigenvalue weighted by Crippen LogP contribution is -2.30. The van der Waals surface area contributed by atoms with Gasteiger partial charge in [0, 0.05) is 25.2 Å². The molecule has 0 aromatic carbocycles. The highest BCUT2D eigenvalue weighted by Gasteiger charge is 2.06. The van der Waals surface area contributed by atoms with Crippen molar-refractivity contribution in [3.05, 3.63) is 22.6 Å². The molecule has 0 unspecified atom stereocenters. The molecule has 0 aliphatic heterocycles. The number of furan rings is 1. The number of likely N-dealkylation sites (N-methyl/N-ethyl adjacent to an activating group) is 1. The van der Waals surface area contributed by atoms with Gasteiger partial charge in [-0.15, -0.1) is 0 Å². The molecule has 1 rings (SSSR count). The summed E-state index contributed by atoms with van der Waals surface area (Å²) in [6, 6.07) is 2.00. The summed E-state index contributed by atoms with van der Waals surface area (Å²) in [5.74, 6) is 0.716. The quantitative estimate of drug-likeness (QED) is 0.782. The standard InChI is InChI=1S/C12H21BrN2O/c1-10(2)8-14-5-6-15(3)9-11-4-7-16-12(11)13/h4,7,10,14H,5-6,8-9H2,1-3H3. The summed E-state index contributed by atoms with van der Waals surface area (Å²) >= 11 is 3.39. The Bertz CT molecular complexity index is 299. The van der Waals surface area contributed by atoms with Gasteiger partial charge in [0.05, 0.1) is 6.26 Å². The van der Waals surface area contributed by atoms with Gasteiger partial charge in [-0.1, -0.05) is 13.8 Å². The van der Waals surface area contributed by atoms with Crippen molar-refractivity contribution in [1.82, 2.24) is 10.2 Å². The molecule has 3 nitrogen and oxygen atoms in total. The molecule has 0 aliphatic rings. The topological polar surface area (TPSA) is 28.4 Å². The third kappa shape index (κ3) is 5.14. The van der Waals surface area contributed by atoms with Crippen molar-refractivity contribution in [3.8, 4) is 0 Å². The molecule has 1 heterocycles. The van der Waals surface area contributed by atoms with Crippen molar-refractivity contribution >= 4 is 15.9 Å². The second-order valence-electron chi connectivity index (χ2n) is 4.56. The Labute approximate surface area is 106 Å². The first kappa shape index (κ1) is 13.7. The van der Waals surface area contributed by atoms with Crippen molar-refractivity contribution in [3.63, 3.8) is 0 Å². The van der Waals surface area contributed by atoms with Gasteiger partial charge in [-0.05, 0) is 41.5 Å². The molecule has 0 aliphatic carbocycles. The molecule has 0 bridgehead atoms. The first-order valence-corrected chi connectivity index (χ1v) is 6.50. The minimum atomic E-state index is 0.716. The molecule has 16 heavy (non-hydrogen) atoms. The van der Waals surface area contributed by atoms with Crippen molar-refractivity contribution in [1.29, 1.82) is 0 Å². The first-order chi connectivity index (χ1) is 7.59. The summed E-state index contributed by atoms with van der Waals surface area (Å²) in [5.41, 5.74) is 1.20. The maximum atomic E-state index is 5.20. The Morgan fingerprint density at radius 3 is 2.81 bits per heavy atom. The lowest BCUT2D eigenvalue weighted by molar-refractivity contribution is 0.319. The molecule has 0 spiro atoms. The van der Waals surface area contributed by atoms with E-state index in [1.807, 2.05) is 6.07 Å². The molecule has 1 aromatic heterocycles. The molecule has 0 atom stereocenters. The highest BCUT2D eigenvalue weighted by Crippen LogP contribution is 2.18. The van der Waals surface area contributed by atoms with Crippen LogP contribution in [-0.2, 0) is 6.54 Å². The van der Waals surface area contributed by atoms with Crippen molar-refractivity contribution in [2.45, 2.75) is 20.4 Å². The zero-order chi connectivity index (χ0) is 12.0. The van der Waals surface area contributed by atoms with Crippen LogP contribution in [0.5, 0.6) is 0 Å². The summed E-state index contributed by atoms with van der Waals surface area (Å²) in [4.78, 5) is 2.28. The van der Waals surface area contributed by atoms with Crippen LogP contribution >= 0.6 is 15.9 Å². The maximum absolute atomic E-state index is 5.20. The molecule has 0 saturated heterocycles. The predicted molar refractivity (Wildman–Crippen MR) is 70.4 cm³/mol. The number of nitrogens with one attached hydrogen (secondary N) is 1. The van der Waals surface area contributed by atoms with Gasteiger partial charge in [0.25, 0.3) is 0 Å². The van der Waals surface area contributed by atoms with Gasteiger partial charge in [-0.3, -0.25) is 0 Å². The summed E-state index contributed by atoms with van der Waals surface area (Å²) in [6.45, 7) is 8.52. The second-order valence-corrected chi connectivity index (χ2v) is 5.28. The molecule has 1 N–H and O–H groups in total. The fraction of sp³-hybridized carbons (Fsp3) is 0.667. The minimum Gasteiger partial charge on any atom is -0.457 e. The van der Waals surface area contributed by atoms with Crippen molar-refractivity contribution < 1.29 is 4.42 Å². The Hall–Kier alpha value is -0.320. The van der Waals surface area contributed by atoms with Gasteiger partial charge >= 0.3 is 0 Å². The molecule has 0 saturated carbocycles. The van der Waals surface area contributed by atoms with Crippen LogP contribution in [0.15, 0.2) is 21.4 Å². The zero-order valence-corrected chi connectivity index (χ0v) is 11.9. The normalized spacial score (nSPS) is 11.6. The summed E-state index contributed by atoms with van der Waals surface area (Å²) in [5, 5.41) is 3.43. The van der Waals surface area contributed by atoms with Crippen LogP contribution in [0.4, 0.5) is 0 Å². The smallest absolute Gasteiger partial charge is 0.173 e. The van der Waals surface area contributed by atoms with Crippen LogP contribution in [0, 0.1) is 5.92 Å². The van der Waals surface area contributed by atoms with Gasteiger partial charge in [0.15, 0.2) is 4.67 Å². The van der Waals surface area contributed by atoms with E-state index in [2.05, 4.69) is 47.0 Å². The van der Waals surface area contributed by atoms with Gasteiger partial charge < -0.3 is 14.6 Å². The van der Waals surface area contributed by atoms with Gasteiger partial charge in [0.2, 0.25) is 0 Å². The molecular weight excluding hydrogens is 268 g/mol. The molecule has 92 valence electrons. The molecule has 0 fully saturated rings. The maximum Gasteiger partial charge on any atom is 0.173 e. The van der Waals surface area contributed by atoms with Crippen LogP contribution in [0.1, 0.15) is 19.4 Å². The van der Waals surface area contributed by atoms with E-state index in [-0.39, 0.29) is 0 Å². The van der Waals surface area contributed by atoms with Crippen LogP contribution < -0.4 is 5.32 Å². The van der Waals surface area contributed by atoms with E-state index in [4.69, 9.17) is 4.42 Å². The number of hydrogen-bond acceptors (Lipinski definition) is 3. The average molecular weight is 289 g/mol. The molecular formula is C12H21BrN2O. The highest BCUT2D eigenvalue weighted by molar-refractivity contribution is 9.10. The van der Waals surface area contributed by atoms with Crippen molar-refractivity contribution in [2.24, 2.45) is 5.92 Å². The van der Waals surface area contributed by atoms with Crippen LogP contribution in [-0.4, -0.2) is 31.6 Å². The summed E-state index contributed by atoms with van der Waals surface area (Å²) < 4.78 is 6.04. The fourth-order valence-corrected chi connectivity index (χ4v) is 1.83. The van der Waals surface area contributed by atoms with E-state index in [1.165, 1.54) is 5.56 Å². The molecule has 4 heteroatoms. The van der Waals surface area contributed by atoms with E-state index in [1.54, 1.807) is 6.26 Å². The SMILES string of the molecule is CC(C)CNCCN(C)Cc1ccoc1Br. The summed E-state index contributed by atoms with van der Waals surface area (Å²) in [6.07, 6.45) is 1.71. The van der Waals surface area contributed by atoms with E-state index >= 15 is 0 Å². The average Bonchev–Trinajstić information content (AvgIpc) is 2.59. The predicted octanol–water partition coefficient (Wildman–Crippen LogP) is 2.72. The largest absolute Gasteiger partial charge is 0.457 e. The first-order valence-electron chi connectivity index (χ1n) is 5.70. The van der Waals surface area contributed by atoms with Crippen LogP contribution in [0.2, 0.25) is 0 Å². The second kappa shape index (κ2) is 7.09. The van der Waals surface area contributed by atoms with Crippen LogP contribution in [0.25, 0.3) is 0 Å². The summed E-state index contributed by atoms with van der Waals surface area (Å²) in [7, 11) is 2.12. The third-order valence-electron chi connectivity index (χ3n) is 2.36. The Balaban J connectivity index is 2.16. The Morgan fingerprint density at radius 2 is 2.25 bits per heavy atom. The van der Waals surface area contributed by atoms with Gasteiger partial charge in [-0.2, -0.15) is 0 Å². The third-order valence-corrected chi connectivity index (χ3v) is 3.05. The van der Waals surface area contributed by atoms with Crippen LogP contribution in [0.3, 0.4) is 0 Å². The Morgan fingerprint density at radius 1 is 1.50 bits per heavy atom. The number of rotatable bonds is 7. The van der Waals surface area contributed by atoms with E-state index in [0.29, 0.717) is 5.92 Å². The monoisotopic (exact) mass is 288 g/mol. The Kier molecular flexibility index (Phi) is 6.09. The fourth-order valence-electron chi connectivity index (χ4n) is 1.46. The van der Waals surface area contributed by atoms with E-state index in [9.17, 15) is 0 Å². The van der Waals surface area contributed by atoms with Gasteiger partial charge in [0.1, 0.15) is 0 Å². The zero-order valence-electron chi connectivity index (χ0n) is 10.3. The molecule has 1 aromatic rings. The van der Waals surface area contributed by atoms with E-state index in [0.717, 1.165) is 30.8 Å². The highest BCUT2D eigenvalue weighted by atomic mass is 79.9. The van der Waals surface area contributed by atoms with E-state index < -0.39 is 0 Å². The number of hydrogen-bond donors (Lipinski definition) is 1. The molecule has 0 amide bonds. The number of nitrogens with zero attached hydrogens (tertiary/aromatic N) is 1. The minimum absolute atomic E-state index is 0.716. The lowest BCUT2D eigenvalue weighted by Gasteiger charge is -2.16. The lowest BCUT2D eigenvalue weighted by atomic mass is 10.2.